The molecule has 1 aliphatic heterocycles. The number of Topliss-reactive ketones (excluding diaryl/α,β-unsaturated/α-hetero) is 1. The molecule has 0 saturated carbocycles. The van der Waals surface area contributed by atoms with E-state index in [1.165, 1.54) is 24.7 Å². The summed E-state index contributed by atoms with van der Waals surface area (Å²) in [4.78, 5) is 94.3. The minimum Gasteiger partial charge on any atom is -0.463 e. The summed E-state index contributed by atoms with van der Waals surface area (Å²) in [6.45, 7) is 17.1. The van der Waals surface area contributed by atoms with Crippen LogP contribution in [0.3, 0.4) is 0 Å². The van der Waals surface area contributed by atoms with Crippen LogP contribution in [-0.4, -0.2) is 96.2 Å². The van der Waals surface area contributed by atoms with Crippen molar-refractivity contribution in [1.29, 1.82) is 0 Å². The molecule has 1 aliphatic rings. The third kappa shape index (κ3) is 10.9. The Morgan fingerprint density at radius 2 is 1.60 bits per heavy atom. The van der Waals surface area contributed by atoms with E-state index in [0.29, 0.717) is 28.1 Å². The average Bonchev–Trinajstić information content (AvgIpc) is 3.74. The molecule has 4 heterocycles. The maximum Gasteiger partial charge on any atom is 0.425 e. The Morgan fingerprint density at radius 1 is 0.969 bits per heavy atom. The number of aromatic nitrogens is 5. The van der Waals surface area contributed by atoms with E-state index in [1.807, 2.05) is 6.92 Å². The largest absolute Gasteiger partial charge is 0.463 e. The molecule has 5 rings (SSSR count). The molecular weight excluding hydrogens is 864 g/mol. The van der Waals surface area contributed by atoms with E-state index in [0.717, 1.165) is 6.42 Å². The second kappa shape index (κ2) is 19.5. The van der Waals surface area contributed by atoms with Gasteiger partial charge in [-0.25, -0.2) is 19.4 Å². The van der Waals surface area contributed by atoms with Gasteiger partial charge in [-0.15, -0.1) is 6.42 Å². The van der Waals surface area contributed by atoms with E-state index >= 15 is 0 Å². The molecular formula is C46H55ClN6O12. The van der Waals surface area contributed by atoms with E-state index in [4.69, 9.17) is 46.4 Å². The molecule has 0 N–H and O–H groups in total. The number of imidazole rings is 1. The first-order chi connectivity index (χ1) is 30.4. The Kier molecular flexibility index (Phi) is 15.0. The van der Waals surface area contributed by atoms with Crippen molar-refractivity contribution in [3.05, 3.63) is 70.1 Å². The maximum absolute atomic E-state index is 13.9. The number of carbonyl (C=O) groups excluding carboxylic acids is 5. The fourth-order valence-corrected chi connectivity index (χ4v) is 7.34. The molecule has 5 atom stereocenters. The van der Waals surface area contributed by atoms with Gasteiger partial charge in [-0.05, 0) is 104 Å². The molecule has 3 aromatic heterocycles. The number of ketones is 1. The van der Waals surface area contributed by atoms with Gasteiger partial charge in [0.15, 0.2) is 35.1 Å². The van der Waals surface area contributed by atoms with Gasteiger partial charge in [0, 0.05) is 31.6 Å². The van der Waals surface area contributed by atoms with Crippen molar-refractivity contribution >= 4 is 58.5 Å². The number of halogens is 1. The standard InChI is InChI=1S/C46H55ClN6O12/c1-13-22-51-23-16-17-31(37(51)56)30-20-18-29(19-21-30)24-46(27(4)54,39(57)60-15-3)61-25-32-45(12,14-2)34(62-28(5)55)38(63-32)52-26-48-33-35(52)49-40(47)50-36(33)53(41(58)64-43(6,7)8)42(59)65-44(9,10)11/h2,16-21,23,26,32,34,38H,13,15,22,24-25H2,1,3-12H3/t32-,34+,38-,45+,46?/m1/s1. The van der Waals surface area contributed by atoms with Gasteiger partial charge in [0.2, 0.25) is 10.9 Å². The van der Waals surface area contributed by atoms with Crippen molar-refractivity contribution in [2.75, 3.05) is 18.1 Å². The zero-order valence-corrected chi connectivity index (χ0v) is 39.2. The number of hydrogen-bond donors (Lipinski definition) is 0. The van der Waals surface area contributed by atoms with Crippen LogP contribution >= 0.6 is 11.6 Å². The first kappa shape index (κ1) is 49.8. The number of esters is 2. The number of nitrogens with zero attached hydrogens (tertiary/aromatic N) is 6. The highest BCUT2D eigenvalue weighted by atomic mass is 35.5. The third-order valence-corrected chi connectivity index (χ3v) is 10.5. The first-order valence-electron chi connectivity index (χ1n) is 21.0. The molecule has 0 bridgehead atoms. The Hall–Kier alpha value is -6.16. The number of terminal acetylenes is 1. The molecule has 65 heavy (non-hydrogen) atoms. The fraction of sp³-hybridized carbons (Fsp3) is 0.500. The Bertz CT molecular complexity index is 2530. The van der Waals surface area contributed by atoms with Crippen LogP contribution in [0, 0.1) is 17.8 Å². The number of ether oxygens (including phenoxy) is 6. The van der Waals surface area contributed by atoms with Crippen LogP contribution in [0.25, 0.3) is 22.3 Å². The van der Waals surface area contributed by atoms with E-state index in [2.05, 4.69) is 20.9 Å². The number of benzene rings is 1. The van der Waals surface area contributed by atoms with Crippen LogP contribution in [0.1, 0.15) is 94.4 Å². The molecule has 0 radical (unpaired) electrons. The van der Waals surface area contributed by atoms with E-state index in [9.17, 15) is 28.8 Å². The smallest absolute Gasteiger partial charge is 0.425 e. The molecule has 1 unspecified atom stereocenters. The number of rotatable bonds is 14. The second-order valence-corrected chi connectivity index (χ2v) is 18.0. The van der Waals surface area contributed by atoms with Gasteiger partial charge in [0.1, 0.15) is 17.3 Å². The highest BCUT2D eigenvalue weighted by Crippen LogP contribution is 2.47. The van der Waals surface area contributed by atoms with Gasteiger partial charge in [0.05, 0.1) is 25.0 Å². The number of fused-ring (bicyclic) bond motifs is 1. The van der Waals surface area contributed by atoms with Crippen molar-refractivity contribution in [2.45, 2.75) is 131 Å². The number of aryl methyl sites for hydroxylation is 1. The van der Waals surface area contributed by atoms with Gasteiger partial charge in [-0.2, -0.15) is 14.9 Å². The van der Waals surface area contributed by atoms with Crippen LogP contribution < -0.4 is 10.5 Å². The fourth-order valence-electron chi connectivity index (χ4n) is 7.18. The molecule has 1 fully saturated rings. The molecule has 0 spiro atoms. The summed E-state index contributed by atoms with van der Waals surface area (Å²) < 4.78 is 38.2. The number of carbonyl (C=O) groups is 5. The minimum atomic E-state index is -2.21. The van der Waals surface area contributed by atoms with Crippen LogP contribution in [0.4, 0.5) is 15.4 Å². The molecule has 19 heteroatoms. The average molecular weight is 919 g/mol. The number of hydrogen-bond acceptors (Lipinski definition) is 15. The predicted molar refractivity (Wildman–Crippen MR) is 238 cm³/mol. The lowest BCUT2D eigenvalue weighted by molar-refractivity contribution is -0.182. The summed E-state index contributed by atoms with van der Waals surface area (Å²) >= 11 is 6.46. The minimum absolute atomic E-state index is 0.0772. The summed E-state index contributed by atoms with van der Waals surface area (Å²) in [5.74, 6) is -0.103. The second-order valence-electron chi connectivity index (χ2n) is 17.6. The van der Waals surface area contributed by atoms with E-state index < -0.39 is 88.3 Å². The zero-order valence-electron chi connectivity index (χ0n) is 38.4. The summed E-state index contributed by atoms with van der Waals surface area (Å²) in [5.41, 5.74) is -4.61. The van der Waals surface area contributed by atoms with Crippen molar-refractivity contribution in [2.24, 2.45) is 5.41 Å². The highest BCUT2D eigenvalue weighted by molar-refractivity contribution is 6.29. The zero-order chi connectivity index (χ0) is 48.2. The number of pyridine rings is 1. The van der Waals surface area contributed by atoms with Crippen molar-refractivity contribution in [3.63, 3.8) is 0 Å². The molecule has 348 valence electrons. The van der Waals surface area contributed by atoms with Crippen LogP contribution in [0.5, 0.6) is 0 Å². The van der Waals surface area contributed by atoms with Gasteiger partial charge >= 0.3 is 24.1 Å². The van der Waals surface area contributed by atoms with Crippen LogP contribution in [0.2, 0.25) is 5.28 Å². The number of anilines is 1. The van der Waals surface area contributed by atoms with Crippen LogP contribution in [-0.2, 0) is 55.8 Å². The number of amides is 2. The van der Waals surface area contributed by atoms with Gasteiger partial charge in [-0.3, -0.25) is 19.0 Å². The lowest BCUT2D eigenvalue weighted by atomic mass is 9.81. The number of imide groups is 1. The van der Waals surface area contributed by atoms with Crippen molar-refractivity contribution in [3.8, 4) is 23.5 Å². The summed E-state index contributed by atoms with van der Waals surface area (Å²) in [6.07, 6.45) is 3.52. The normalized spacial score (nSPS) is 19.5. The molecule has 1 saturated heterocycles. The van der Waals surface area contributed by atoms with E-state index in [1.54, 1.807) is 103 Å². The molecule has 4 aromatic rings. The SMILES string of the molecule is C#C[C@@]1(C)[C@@H](COC(Cc2ccc(-c3cccn(CCC)c3=O)cc2)(C(C)=O)C(=O)OCC)O[C@@H](n2cnc3c(N(C(=O)OC(C)(C)C)C(=O)OC(C)(C)C)nc(Cl)nc32)[C@@H]1OC(C)=O. The molecule has 18 nitrogen and oxygen atoms in total. The lowest BCUT2D eigenvalue weighted by Crippen LogP contribution is -2.53. The molecule has 1 aromatic carbocycles. The quantitative estimate of drug-likeness (QED) is 0.0409. The third-order valence-electron chi connectivity index (χ3n) is 10.3. The molecule has 0 aliphatic carbocycles. The Morgan fingerprint density at radius 3 is 2.14 bits per heavy atom. The molecule has 2 amide bonds. The first-order valence-corrected chi connectivity index (χ1v) is 21.3. The topological polar surface area (TPSA) is 210 Å². The predicted octanol–water partition coefficient (Wildman–Crippen LogP) is 7.01. The van der Waals surface area contributed by atoms with Gasteiger partial charge < -0.3 is 33.0 Å². The van der Waals surface area contributed by atoms with Gasteiger partial charge in [-0.1, -0.05) is 37.1 Å². The monoisotopic (exact) mass is 918 g/mol. The van der Waals surface area contributed by atoms with Crippen LogP contribution in [0.15, 0.2) is 53.7 Å². The highest BCUT2D eigenvalue weighted by Gasteiger charge is 2.58. The Balaban J connectivity index is 1.55. The summed E-state index contributed by atoms with van der Waals surface area (Å²) in [6, 6.07) is 10.3. The maximum atomic E-state index is 13.9. The van der Waals surface area contributed by atoms with E-state index in [-0.39, 0.29) is 29.8 Å². The van der Waals surface area contributed by atoms with Crippen molar-refractivity contribution in [1.82, 2.24) is 24.1 Å². The summed E-state index contributed by atoms with van der Waals surface area (Å²) in [7, 11) is 0. The summed E-state index contributed by atoms with van der Waals surface area (Å²) in [5, 5.41) is -0.431. The van der Waals surface area contributed by atoms with Crippen molar-refractivity contribution < 1.29 is 52.4 Å². The van der Waals surface area contributed by atoms with Gasteiger partial charge in [0.25, 0.3) is 5.56 Å². The lowest BCUT2D eigenvalue weighted by Gasteiger charge is -2.33. The Labute approximate surface area is 381 Å².